The van der Waals surface area contributed by atoms with Gasteiger partial charge in [0.15, 0.2) is 0 Å². The van der Waals surface area contributed by atoms with Crippen molar-refractivity contribution in [1.82, 2.24) is 5.32 Å². The van der Waals surface area contributed by atoms with Crippen molar-refractivity contribution in [1.29, 1.82) is 0 Å². The van der Waals surface area contributed by atoms with Gasteiger partial charge in [-0.15, -0.1) is 0 Å². The van der Waals surface area contributed by atoms with E-state index in [-0.39, 0.29) is 0 Å². The summed E-state index contributed by atoms with van der Waals surface area (Å²) in [7, 11) is 1.96. The van der Waals surface area contributed by atoms with Crippen molar-refractivity contribution >= 4 is 0 Å². The van der Waals surface area contributed by atoms with Crippen LogP contribution in [0.2, 0.25) is 0 Å². The minimum Gasteiger partial charge on any atom is -0.457 e. The van der Waals surface area contributed by atoms with Gasteiger partial charge in [-0.2, -0.15) is 0 Å². The fourth-order valence-corrected chi connectivity index (χ4v) is 2.16. The van der Waals surface area contributed by atoms with E-state index < -0.39 is 0 Å². The first-order valence-corrected chi connectivity index (χ1v) is 7.27. The summed E-state index contributed by atoms with van der Waals surface area (Å²) in [6.07, 6.45) is 2.29. The van der Waals surface area contributed by atoms with E-state index in [0.29, 0.717) is 6.04 Å². The Bertz CT molecular complexity index is 533. The minimum atomic E-state index is 0.325. The molecule has 0 saturated heterocycles. The third kappa shape index (κ3) is 3.84. The molecule has 2 aromatic carbocycles. The maximum Gasteiger partial charge on any atom is 0.127 e. The van der Waals surface area contributed by atoms with E-state index in [1.54, 1.807) is 0 Å². The molecule has 0 radical (unpaired) electrons. The smallest absolute Gasteiger partial charge is 0.127 e. The quantitative estimate of drug-likeness (QED) is 0.820. The van der Waals surface area contributed by atoms with Crippen LogP contribution in [0, 0.1) is 0 Å². The topological polar surface area (TPSA) is 21.3 Å². The molecule has 0 amide bonds. The molecule has 1 atom stereocenters. The molecule has 0 aliphatic heterocycles. The molecule has 20 heavy (non-hydrogen) atoms. The van der Waals surface area contributed by atoms with Gasteiger partial charge in [0.1, 0.15) is 11.5 Å². The number of nitrogens with one attached hydrogen (secondary N) is 1. The van der Waals surface area contributed by atoms with Gasteiger partial charge in [-0.1, -0.05) is 37.6 Å². The average Bonchev–Trinajstić information content (AvgIpc) is 2.49. The molecule has 0 aliphatic rings. The Kier molecular flexibility index (Phi) is 5.19. The van der Waals surface area contributed by atoms with Gasteiger partial charge >= 0.3 is 0 Å². The largest absolute Gasteiger partial charge is 0.457 e. The van der Waals surface area contributed by atoms with Gasteiger partial charge in [0.05, 0.1) is 0 Å². The molecule has 0 fully saturated rings. The van der Waals surface area contributed by atoms with E-state index in [0.717, 1.165) is 17.9 Å². The molecular weight excluding hydrogens is 246 g/mol. The highest BCUT2D eigenvalue weighted by atomic mass is 16.5. The van der Waals surface area contributed by atoms with Gasteiger partial charge < -0.3 is 10.1 Å². The van der Waals surface area contributed by atoms with Crippen LogP contribution < -0.4 is 10.1 Å². The van der Waals surface area contributed by atoms with Crippen LogP contribution in [0.25, 0.3) is 0 Å². The molecular formula is C18H23NO. The maximum atomic E-state index is 5.92. The molecule has 0 spiro atoms. The van der Waals surface area contributed by atoms with E-state index in [9.17, 15) is 0 Å². The van der Waals surface area contributed by atoms with Crippen LogP contribution in [-0.4, -0.2) is 7.05 Å². The molecule has 0 saturated carbocycles. The average molecular weight is 269 g/mol. The molecule has 2 heteroatoms. The maximum absolute atomic E-state index is 5.92. The number of rotatable bonds is 6. The summed E-state index contributed by atoms with van der Waals surface area (Å²) >= 11 is 0. The van der Waals surface area contributed by atoms with Gasteiger partial charge in [0.2, 0.25) is 0 Å². The summed E-state index contributed by atoms with van der Waals surface area (Å²) in [4.78, 5) is 0. The van der Waals surface area contributed by atoms with Crippen LogP contribution in [0.3, 0.4) is 0 Å². The van der Waals surface area contributed by atoms with E-state index in [1.807, 2.05) is 31.3 Å². The lowest BCUT2D eigenvalue weighted by molar-refractivity contribution is 0.480. The summed E-state index contributed by atoms with van der Waals surface area (Å²) in [5.41, 5.74) is 2.59. The molecule has 2 aromatic rings. The van der Waals surface area contributed by atoms with E-state index in [1.165, 1.54) is 17.5 Å². The molecule has 1 unspecified atom stereocenters. The third-order valence-electron chi connectivity index (χ3n) is 3.49. The lowest BCUT2D eigenvalue weighted by Crippen LogP contribution is -2.11. The first kappa shape index (κ1) is 14.6. The number of hydrogen-bond donors (Lipinski definition) is 1. The van der Waals surface area contributed by atoms with Gasteiger partial charge in [-0.05, 0) is 55.8 Å². The Labute approximate surface area is 121 Å². The zero-order valence-electron chi connectivity index (χ0n) is 12.5. The summed E-state index contributed by atoms with van der Waals surface area (Å²) in [5, 5.41) is 3.24. The van der Waals surface area contributed by atoms with Crippen LogP contribution >= 0.6 is 0 Å². The van der Waals surface area contributed by atoms with Crippen molar-refractivity contribution in [2.75, 3.05) is 7.05 Å². The predicted molar refractivity (Wildman–Crippen MR) is 84.4 cm³/mol. The second-order valence-electron chi connectivity index (χ2n) is 5.08. The van der Waals surface area contributed by atoms with Crippen LogP contribution in [0.4, 0.5) is 0 Å². The molecule has 0 aromatic heterocycles. The molecule has 106 valence electrons. The van der Waals surface area contributed by atoms with Crippen LogP contribution in [0.15, 0.2) is 48.5 Å². The van der Waals surface area contributed by atoms with Crippen molar-refractivity contribution in [2.24, 2.45) is 0 Å². The second-order valence-corrected chi connectivity index (χ2v) is 5.08. The number of benzene rings is 2. The van der Waals surface area contributed by atoms with Crippen LogP contribution in [0.1, 0.15) is 37.4 Å². The Hall–Kier alpha value is -1.80. The van der Waals surface area contributed by atoms with Crippen molar-refractivity contribution < 1.29 is 4.74 Å². The number of aryl methyl sites for hydroxylation is 1. The van der Waals surface area contributed by atoms with Gasteiger partial charge in [-0.3, -0.25) is 0 Å². The highest BCUT2D eigenvalue weighted by Crippen LogP contribution is 2.25. The highest BCUT2D eigenvalue weighted by Gasteiger charge is 2.04. The fraction of sp³-hybridized carbons (Fsp3) is 0.333. The lowest BCUT2D eigenvalue weighted by Gasteiger charge is -2.12. The number of hydrogen-bond acceptors (Lipinski definition) is 2. The van der Waals surface area contributed by atoms with Crippen molar-refractivity contribution in [3.8, 4) is 11.5 Å². The third-order valence-corrected chi connectivity index (χ3v) is 3.49. The van der Waals surface area contributed by atoms with Crippen LogP contribution in [-0.2, 0) is 6.42 Å². The van der Waals surface area contributed by atoms with E-state index >= 15 is 0 Å². The molecule has 2 nitrogen and oxygen atoms in total. The Morgan fingerprint density at radius 3 is 2.45 bits per heavy atom. The highest BCUT2D eigenvalue weighted by molar-refractivity contribution is 5.36. The summed E-state index contributed by atoms with van der Waals surface area (Å²) < 4.78 is 5.92. The standard InChI is InChI=1S/C18H23NO/c1-4-6-15-9-11-17(12-10-15)20-18-8-5-7-16(13-18)14(2)19-3/h5,7-14,19H,4,6H2,1-3H3. The van der Waals surface area contributed by atoms with Crippen LogP contribution in [0.5, 0.6) is 11.5 Å². The Morgan fingerprint density at radius 1 is 1.05 bits per heavy atom. The predicted octanol–water partition coefficient (Wildman–Crippen LogP) is 4.71. The Morgan fingerprint density at radius 2 is 1.80 bits per heavy atom. The SMILES string of the molecule is CCCc1ccc(Oc2cccc(C(C)NC)c2)cc1. The van der Waals surface area contributed by atoms with Gasteiger partial charge in [-0.25, -0.2) is 0 Å². The molecule has 1 N–H and O–H groups in total. The van der Waals surface area contributed by atoms with Crippen molar-refractivity contribution in [3.63, 3.8) is 0 Å². The van der Waals surface area contributed by atoms with E-state index in [2.05, 4.69) is 43.4 Å². The van der Waals surface area contributed by atoms with Crippen molar-refractivity contribution in [2.45, 2.75) is 32.7 Å². The second kappa shape index (κ2) is 7.11. The molecule has 0 heterocycles. The summed E-state index contributed by atoms with van der Waals surface area (Å²) in [6.45, 7) is 4.33. The first-order valence-electron chi connectivity index (χ1n) is 7.27. The summed E-state index contributed by atoms with van der Waals surface area (Å²) in [5.74, 6) is 1.77. The Balaban J connectivity index is 2.09. The zero-order valence-corrected chi connectivity index (χ0v) is 12.5. The lowest BCUT2D eigenvalue weighted by atomic mass is 10.1. The zero-order chi connectivity index (χ0) is 14.4. The van der Waals surface area contributed by atoms with Gasteiger partial charge in [0.25, 0.3) is 0 Å². The monoisotopic (exact) mass is 269 g/mol. The van der Waals surface area contributed by atoms with Gasteiger partial charge in [0, 0.05) is 6.04 Å². The fourth-order valence-electron chi connectivity index (χ4n) is 2.16. The normalized spacial score (nSPS) is 12.2. The molecule has 2 rings (SSSR count). The molecule has 0 aliphatic carbocycles. The first-order chi connectivity index (χ1) is 9.72. The minimum absolute atomic E-state index is 0.325. The number of ether oxygens (including phenoxy) is 1. The summed E-state index contributed by atoms with van der Waals surface area (Å²) in [6, 6.07) is 16.9. The van der Waals surface area contributed by atoms with E-state index in [4.69, 9.17) is 4.74 Å². The molecule has 0 bridgehead atoms. The van der Waals surface area contributed by atoms with Crippen molar-refractivity contribution in [3.05, 3.63) is 59.7 Å².